The molecule has 2 rings (SSSR count). The Morgan fingerprint density at radius 2 is 1.71 bits per heavy atom. The molecule has 0 aliphatic rings. The van der Waals surface area contributed by atoms with Crippen LogP contribution in [0.4, 0.5) is 0 Å². The zero-order chi connectivity index (χ0) is 18.0. The molecule has 1 aromatic carbocycles. The van der Waals surface area contributed by atoms with Crippen LogP contribution in [-0.4, -0.2) is 21.1 Å². The summed E-state index contributed by atoms with van der Waals surface area (Å²) in [6, 6.07) is 10.1. The van der Waals surface area contributed by atoms with Crippen molar-refractivity contribution in [3.05, 3.63) is 68.0 Å². The molecule has 0 bridgehead atoms. The standard InChI is InChI=1S/C19H27N3O2/c1-13(2)18(16-10-8-7-9-14(16)3)20(4)12-15-11-17(23)22(6)19(24)21(15)5/h7-11,13,18H,12H2,1-6H3. The van der Waals surface area contributed by atoms with Crippen LogP contribution in [-0.2, 0) is 20.6 Å². The van der Waals surface area contributed by atoms with Crippen molar-refractivity contribution in [1.82, 2.24) is 14.0 Å². The van der Waals surface area contributed by atoms with Gasteiger partial charge in [-0.15, -0.1) is 0 Å². The number of aromatic nitrogens is 2. The van der Waals surface area contributed by atoms with Gasteiger partial charge in [0.15, 0.2) is 0 Å². The van der Waals surface area contributed by atoms with Crippen molar-refractivity contribution in [1.29, 1.82) is 0 Å². The minimum absolute atomic E-state index is 0.213. The summed E-state index contributed by atoms with van der Waals surface area (Å²) in [7, 11) is 5.25. The van der Waals surface area contributed by atoms with E-state index >= 15 is 0 Å². The van der Waals surface area contributed by atoms with Crippen molar-refractivity contribution in [2.75, 3.05) is 7.05 Å². The Bertz CT molecular complexity index is 833. The second-order valence-corrected chi connectivity index (χ2v) is 6.84. The summed E-state index contributed by atoms with van der Waals surface area (Å²) in [4.78, 5) is 26.3. The molecule has 0 saturated carbocycles. The second kappa shape index (κ2) is 7.18. The highest BCUT2D eigenvalue weighted by Gasteiger charge is 2.23. The summed E-state index contributed by atoms with van der Waals surface area (Å²) in [5, 5.41) is 0. The Morgan fingerprint density at radius 3 is 2.29 bits per heavy atom. The Kier molecular flexibility index (Phi) is 5.44. The predicted octanol–water partition coefficient (Wildman–Crippen LogP) is 2.22. The van der Waals surface area contributed by atoms with Crippen LogP contribution < -0.4 is 11.2 Å². The fourth-order valence-corrected chi connectivity index (χ4v) is 3.31. The maximum Gasteiger partial charge on any atom is 0.330 e. The lowest BCUT2D eigenvalue weighted by Gasteiger charge is -2.33. The fourth-order valence-electron chi connectivity index (χ4n) is 3.31. The quantitative estimate of drug-likeness (QED) is 0.845. The van der Waals surface area contributed by atoms with Gasteiger partial charge in [0.1, 0.15) is 0 Å². The van der Waals surface area contributed by atoms with E-state index in [9.17, 15) is 9.59 Å². The zero-order valence-corrected chi connectivity index (χ0v) is 15.4. The summed E-state index contributed by atoms with van der Waals surface area (Å²) in [5.41, 5.74) is 2.70. The number of aryl methyl sites for hydroxylation is 1. The zero-order valence-electron chi connectivity index (χ0n) is 15.4. The summed E-state index contributed by atoms with van der Waals surface area (Å²) < 4.78 is 2.68. The van der Waals surface area contributed by atoms with Crippen LogP contribution in [0, 0.1) is 12.8 Å². The molecule has 24 heavy (non-hydrogen) atoms. The number of benzene rings is 1. The van der Waals surface area contributed by atoms with E-state index in [4.69, 9.17) is 0 Å². The second-order valence-electron chi connectivity index (χ2n) is 6.84. The van der Waals surface area contributed by atoms with Gasteiger partial charge in [0.25, 0.3) is 5.56 Å². The minimum atomic E-state index is -0.289. The van der Waals surface area contributed by atoms with E-state index in [1.165, 1.54) is 18.2 Å². The third-order valence-electron chi connectivity index (χ3n) is 4.65. The smallest absolute Gasteiger partial charge is 0.299 e. The van der Waals surface area contributed by atoms with Gasteiger partial charge in [0.2, 0.25) is 0 Å². The molecule has 0 amide bonds. The lowest BCUT2D eigenvalue weighted by Crippen LogP contribution is -2.40. The maximum atomic E-state index is 12.1. The van der Waals surface area contributed by atoms with Crippen LogP contribution >= 0.6 is 0 Å². The molecule has 0 aliphatic heterocycles. The van der Waals surface area contributed by atoms with Crippen LogP contribution in [0.25, 0.3) is 0 Å². The first kappa shape index (κ1) is 18.2. The van der Waals surface area contributed by atoms with Crippen molar-refractivity contribution in [2.24, 2.45) is 20.0 Å². The first-order valence-corrected chi connectivity index (χ1v) is 8.25. The molecule has 1 aromatic heterocycles. The highest BCUT2D eigenvalue weighted by Crippen LogP contribution is 2.30. The van der Waals surface area contributed by atoms with Crippen LogP contribution in [0.2, 0.25) is 0 Å². The van der Waals surface area contributed by atoms with Gasteiger partial charge in [-0.1, -0.05) is 38.1 Å². The number of hydrogen-bond acceptors (Lipinski definition) is 3. The normalized spacial score (nSPS) is 12.8. The third kappa shape index (κ3) is 3.51. The summed E-state index contributed by atoms with van der Waals surface area (Å²) in [6.45, 7) is 7.04. The molecular formula is C19H27N3O2. The molecule has 0 spiro atoms. The van der Waals surface area contributed by atoms with Gasteiger partial charge in [-0.25, -0.2) is 4.79 Å². The molecule has 130 valence electrons. The van der Waals surface area contributed by atoms with Crippen LogP contribution in [0.1, 0.15) is 36.7 Å². The minimum Gasteiger partial charge on any atom is -0.299 e. The van der Waals surface area contributed by atoms with E-state index in [0.717, 1.165) is 10.3 Å². The van der Waals surface area contributed by atoms with Crippen molar-refractivity contribution in [3.8, 4) is 0 Å². The summed E-state index contributed by atoms with van der Waals surface area (Å²) in [5.74, 6) is 0.402. The molecule has 0 fully saturated rings. The molecule has 0 N–H and O–H groups in total. The number of hydrogen-bond donors (Lipinski definition) is 0. The molecule has 1 atom stereocenters. The van der Waals surface area contributed by atoms with E-state index in [2.05, 4.69) is 43.9 Å². The Balaban J connectivity index is 2.40. The molecule has 1 unspecified atom stereocenters. The van der Waals surface area contributed by atoms with Gasteiger partial charge < -0.3 is 0 Å². The molecule has 1 heterocycles. The Hall–Kier alpha value is -2.14. The van der Waals surface area contributed by atoms with E-state index in [1.54, 1.807) is 17.7 Å². The first-order valence-electron chi connectivity index (χ1n) is 8.25. The lowest BCUT2D eigenvalue weighted by molar-refractivity contribution is 0.181. The van der Waals surface area contributed by atoms with E-state index in [0.29, 0.717) is 12.5 Å². The Labute approximate surface area is 143 Å². The fraction of sp³-hybridized carbons (Fsp3) is 0.474. The van der Waals surface area contributed by atoms with Crippen molar-refractivity contribution < 1.29 is 0 Å². The molecule has 5 nitrogen and oxygen atoms in total. The van der Waals surface area contributed by atoms with Crippen molar-refractivity contribution in [2.45, 2.75) is 33.4 Å². The average molecular weight is 329 g/mol. The van der Waals surface area contributed by atoms with Gasteiger partial charge in [0, 0.05) is 38.4 Å². The van der Waals surface area contributed by atoms with Gasteiger partial charge in [-0.2, -0.15) is 0 Å². The van der Waals surface area contributed by atoms with Gasteiger partial charge >= 0.3 is 5.69 Å². The summed E-state index contributed by atoms with van der Waals surface area (Å²) >= 11 is 0. The van der Waals surface area contributed by atoms with Crippen LogP contribution in [0.15, 0.2) is 39.9 Å². The van der Waals surface area contributed by atoms with E-state index in [1.807, 2.05) is 13.1 Å². The largest absolute Gasteiger partial charge is 0.330 e. The maximum absolute atomic E-state index is 12.1. The van der Waals surface area contributed by atoms with Crippen LogP contribution in [0.3, 0.4) is 0 Å². The monoisotopic (exact) mass is 329 g/mol. The molecular weight excluding hydrogens is 302 g/mol. The van der Waals surface area contributed by atoms with Gasteiger partial charge in [-0.3, -0.25) is 18.8 Å². The third-order valence-corrected chi connectivity index (χ3v) is 4.65. The lowest BCUT2D eigenvalue weighted by atomic mass is 9.91. The highest BCUT2D eigenvalue weighted by atomic mass is 16.2. The molecule has 0 aliphatic carbocycles. The van der Waals surface area contributed by atoms with Crippen molar-refractivity contribution in [3.63, 3.8) is 0 Å². The Morgan fingerprint density at radius 1 is 1.08 bits per heavy atom. The molecule has 0 radical (unpaired) electrons. The predicted molar refractivity (Wildman–Crippen MR) is 97.1 cm³/mol. The van der Waals surface area contributed by atoms with Crippen LogP contribution in [0.5, 0.6) is 0 Å². The number of rotatable bonds is 5. The first-order chi connectivity index (χ1) is 11.2. The van der Waals surface area contributed by atoms with E-state index in [-0.39, 0.29) is 17.3 Å². The average Bonchev–Trinajstić information content (AvgIpc) is 2.52. The van der Waals surface area contributed by atoms with Crippen molar-refractivity contribution >= 4 is 0 Å². The molecule has 2 aromatic rings. The van der Waals surface area contributed by atoms with Gasteiger partial charge in [0.05, 0.1) is 0 Å². The number of nitrogens with zero attached hydrogens (tertiary/aromatic N) is 3. The molecule has 0 saturated heterocycles. The van der Waals surface area contributed by atoms with E-state index < -0.39 is 0 Å². The topological polar surface area (TPSA) is 47.2 Å². The SMILES string of the molecule is Cc1ccccc1C(C(C)C)N(C)Cc1cc(=O)n(C)c(=O)n1C. The summed E-state index contributed by atoms with van der Waals surface area (Å²) in [6.07, 6.45) is 0. The highest BCUT2D eigenvalue weighted by molar-refractivity contribution is 5.29. The van der Waals surface area contributed by atoms with Gasteiger partial charge in [-0.05, 0) is 31.0 Å². The molecule has 5 heteroatoms.